The third-order valence-electron chi connectivity index (χ3n) is 3.10. The molecule has 0 heterocycles. The third kappa shape index (κ3) is 5.85. The summed E-state index contributed by atoms with van der Waals surface area (Å²) in [5, 5.41) is 2.87. The number of halogens is 1. The fourth-order valence-electron chi connectivity index (χ4n) is 1.83. The summed E-state index contributed by atoms with van der Waals surface area (Å²) in [6, 6.07) is 3.36. The van der Waals surface area contributed by atoms with Gasteiger partial charge in [0.2, 0.25) is 0 Å². The second-order valence-corrected chi connectivity index (χ2v) is 5.56. The third-order valence-corrected chi connectivity index (χ3v) is 3.88. The lowest BCUT2D eigenvalue weighted by Gasteiger charge is -2.12. The Kier molecular flexibility index (Phi) is 8.92. The van der Waals surface area contributed by atoms with Gasteiger partial charge in [-0.1, -0.05) is 13.3 Å². The Morgan fingerprint density at radius 3 is 2.27 bits per heavy atom. The lowest BCUT2D eigenvalue weighted by molar-refractivity contribution is 0.0939. The Labute approximate surface area is 140 Å². The minimum absolute atomic E-state index is 0.155. The van der Waals surface area contributed by atoms with Gasteiger partial charge in [-0.15, -0.1) is 0 Å². The summed E-state index contributed by atoms with van der Waals surface area (Å²) in [6.07, 6.45) is 3.00. The van der Waals surface area contributed by atoms with Crippen molar-refractivity contribution < 1.29 is 19.0 Å². The molecule has 0 unspecified atom stereocenters. The molecule has 0 spiro atoms. The molecule has 0 aromatic heterocycles. The first kappa shape index (κ1) is 18.8. The molecule has 124 valence electrons. The topological polar surface area (TPSA) is 56.8 Å². The van der Waals surface area contributed by atoms with Crippen LogP contribution in [0.4, 0.5) is 0 Å². The minimum atomic E-state index is -0.155. The number of methoxy groups -OCH3 is 2. The van der Waals surface area contributed by atoms with E-state index in [1.165, 1.54) is 0 Å². The van der Waals surface area contributed by atoms with Crippen molar-refractivity contribution in [1.29, 1.82) is 0 Å². The van der Waals surface area contributed by atoms with Crippen molar-refractivity contribution in [1.82, 2.24) is 5.32 Å². The molecule has 6 heteroatoms. The lowest BCUT2D eigenvalue weighted by atomic mass is 10.2. The number of hydrogen-bond acceptors (Lipinski definition) is 4. The summed E-state index contributed by atoms with van der Waals surface area (Å²) in [7, 11) is 3.10. The van der Waals surface area contributed by atoms with E-state index in [0.29, 0.717) is 34.7 Å². The Balaban J connectivity index is 2.48. The lowest BCUT2D eigenvalue weighted by Crippen LogP contribution is -2.25. The molecule has 0 saturated carbocycles. The number of nitrogens with one attached hydrogen (secondary N) is 1. The molecule has 0 radical (unpaired) electrons. The molecule has 1 amide bonds. The number of rotatable bonds is 10. The second-order valence-electron chi connectivity index (χ2n) is 4.77. The van der Waals surface area contributed by atoms with E-state index in [2.05, 4.69) is 28.2 Å². The van der Waals surface area contributed by atoms with Crippen molar-refractivity contribution in [3.05, 3.63) is 22.2 Å². The van der Waals surface area contributed by atoms with Gasteiger partial charge < -0.3 is 19.5 Å². The van der Waals surface area contributed by atoms with Crippen LogP contribution < -0.4 is 14.8 Å². The molecule has 0 fully saturated rings. The summed E-state index contributed by atoms with van der Waals surface area (Å²) in [6.45, 7) is 4.15. The number of carbonyl (C=O) groups is 1. The average Bonchev–Trinajstić information content (AvgIpc) is 2.54. The normalized spacial score (nSPS) is 10.4. The van der Waals surface area contributed by atoms with Crippen LogP contribution in [-0.4, -0.2) is 39.9 Å². The molecule has 0 atom stereocenters. The van der Waals surface area contributed by atoms with Crippen LogP contribution in [0.1, 0.15) is 36.5 Å². The number of unbranched alkanes of at least 4 members (excludes halogenated alkanes) is 1. The Hall–Kier alpha value is -1.27. The van der Waals surface area contributed by atoms with E-state index < -0.39 is 0 Å². The highest BCUT2D eigenvalue weighted by molar-refractivity contribution is 9.10. The highest BCUT2D eigenvalue weighted by Crippen LogP contribution is 2.35. The van der Waals surface area contributed by atoms with Crippen LogP contribution in [0.15, 0.2) is 16.6 Å². The van der Waals surface area contributed by atoms with E-state index in [4.69, 9.17) is 14.2 Å². The first-order valence-electron chi connectivity index (χ1n) is 7.41. The standard InChI is InChI=1S/C16H24BrNO4/c1-4-5-8-22-9-6-7-18-16(19)12-10-13(20-2)15(17)14(11-12)21-3/h10-11H,4-9H2,1-3H3,(H,18,19). The molecule has 22 heavy (non-hydrogen) atoms. The van der Waals surface area contributed by atoms with Gasteiger partial charge in [0, 0.05) is 25.3 Å². The van der Waals surface area contributed by atoms with Crippen molar-refractivity contribution in [3.8, 4) is 11.5 Å². The van der Waals surface area contributed by atoms with Crippen molar-refractivity contribution in [2.24, 2.45) is 0 Å². The number of hydrogen-bond donors (Lipinski definition) is 1. The van der Waals surface area contributed by atoms with Crippen LogP contribution in [0, 0.1) is 0 Å². The predicted molar refractivity (Wildman–Crippen MR) is 89.9 cm³/mol. The molecule has 1 aromatic rings. The summed E-state index contributed by atoms with van der Waals surface area (Å²) in [5.74, 6) is 0.970. The molecule has 5 nitrogen and oxygen atoms in total. The maximum absolute atomic E-state index is 12.1. The van der Waals surface area contributed by atoms with E-state index in [0.717, 1.165) is 25.9 Å². The van der Waals surface area contributed by atoms with E-state index in [1.807, 2.05) is 0 Å². The molecule has 0 aliphatic heterocycles. The highest BCUT2D eigenvalue weighted by atomic mass is 79.9. The van der Waals surface area contributed by atoms with Crippen LogP contribution in [0.3, 0.4) is 0 Å². The zero-order valence-electron chi connectivity index (χ0n) is 13.4. The van der Waals surface area contributed by atoms with Gasteiger partial charge >= 0.3 is 0 Å². The first-order valence-corrected chi connectivity index (χ1v) is 8.20. The Morgan fingerprint density at radius 2 is 1.73 bits per heavy atom. The van der Waals surface area contributed by atoms with Gasteiger partial charge in [0.05, 0.1) is 14.2 Å². The molecule has 1 aromatic carbocycles. The number of amides is 1. The van der Waals surface area contributed by atoms with Gasteiger partial charge in [-0.05, 0) is 40.9 Å². The van der Waals surface area contributed by atoms with Crippen molar-refractivity contribution in [2.75, 3.05) is 34.0 Å². The smallest absolute Gasteiger partial charge is 0.251 e. The maximum atomic E-state index is 12.1. The van der Waals surface area contributed by atoms with Gasteiger partial charge in [0.1, 0.15) is 16.0 Å². The second kappa shape index (κ2) is 10.5. The number of benzene rings is 1. The minimum Gasteiger partial charge on any atom is -0.495 e. The molecule has 0 bridgehead atoms. The Morgan fingerprint density at radius 1 is 1.14 bits per heavy atom. The highest BCUT2D eigenvalue weighted by Gasteiger charge is 2.14. The summed E-state index contributed by atoms with van der Waals surface area (Å²) >= 11 is 3.38. The molecule has 0 aliphatic rings. The Bertz CT molecular complexity index is 454. The van der Waals surface area contributed by atoms with Crippen LogP contribution in [0.5, 0.6) is 11.5 Å². The zero-order chi connectivity index (χ0) is 16.4. The zero-order valence-corrected chi connectivity index (χ0v) is 15.0. The molecular weight excluding hydrogens is 350 g/mol. The molecule has 1 N–H and O–H groups in total. The van der Waals surface area contributed by atoms with Gasteiger partial charge in [0.15, 0.2) is 0 Å². The van der Waals surface area contributed by atoms with Crippen molar-refractivity contribution in [3.63, 3.8) is 0 Å². The largest absolute Gasteiger partial charge is 0.495 e. The monoisotopic (exact) mass is 373 g/mol. The van der Waals surface area contributed by atoms with Crippen LogP contribution >= 0.6 is 15.9 Å². The SMILES string of the molecule is CCCCOCCCNC(=O)c1cc(OC)c(Br)c(OC)c1. The van der Waals surface area contributed by atoms with E-state index >= 15 is 0 Å². The van der Waals surface area contributed by atoms with Crippen molar-refractivity contribution >= 4 is 21.8 Å². The molecule has 0 saturated heterocycles. The van der Waals surface area contributed by atoms with Gasteiger partial charge in [-0.2, -0.15) is 0 Å². The number of carbonyl (C=O) groups excluding carboxylic acids is 1. The van der Waals surface area contributed by atoms with Gasteiger partial charge in [-0.3, -0.25) is 4.79 Å². The molecular formula is C16H24BrNO4. The van der Waals surface area contributed by atoms with Crippen LogP contribution in [-0.2, 0) is 4.74 Å². The van der Waals surface area contributed by atoms with Crippen LogP contribution in [0.25, 0.3) is 0 Å². The quantitative estimate of drug-likeness (QED) is 0.638. The summed E-state index contributed by atoms with van der Waals surface area (Å²) in [5.41, 5.74) is 0.504. The summed E-state index contributed by atoms with van der Waals surface area (Å²) < 4.78 is 16.6. The maximum Gasteiger partial charge on any atom is 0.251 e. The summed E-state index contributed by atoms with van der Waals surface area (Å²) in [4.78, 5) is 12.1. The average molecular weight is 374 g/mol. The molecule has 0 aliphatic carbocycles. The molecule has 1 rings (SSSR count). The predicted octanol–water partition coefficient (Wildman–Crippen LogP) is 3.40. The van der Waals surface area contributed by atoms with E-state index in [1.54, 1.807) is 26.4 Å². The van der Waals surface area contributed by atoms with Gasteiger partial charge in [0.25, 0.3) is 5.91 Å². The first-order chi connectivity index (χ1) is 10.6. The number of ether oxygens (including phenoxy) is 3. The van der Waals surface area contributed by atoms with Gasteiger partial charge in [-0.25, -0.2) is 0 Å². The van der Waals surface area contributed by atoms with Crippen molar-refractivity contribution in [2.45, 2.75) is 26.2 Å². The van der Waals surface area contributed by atoms with E-state index in [-0.39, 0.29) is 5.91 Å². The van der Waals surface area contributed by atoms with Crippen LogP contribution in [0.2, 0.25) is 0 Å². The fraction of sp³-hybridized carbons (Fsp3) is 0.562. The van der Waals surface area contributed by atoms with E-state index in [9.17, 15) is 4.79 Å². The fourth-order valence-corrected chi connectivity index (χ4v) is 2.38.